The number of para-hydroxylation sites is 1. The highest BCUT2D eigenvalue weighted by Gasteiger charge is 2.26. The second-order valence-electron chi connectivity index (χ2n) is 8.11. The molecule has 1 saturated heterocycles. The Labute approximate surface area is 195 Å². The number of esters is 1. The average molecular weight is 468 g/mol. The fourth-order valence-corrected chi connectivity index (χ4v) is 4.31. The van der Waals surface area contributed by atoms with Crippen molar-refractivity contribution in [2.45, 2.75) is 6.92 Å². The van der Waals surface area contributed by atoms with Gasteiger partial charge < -0.3 is 29.4 Å². The van der Waals surface area contributed by atoms with E-state index >= 15 is 0 Å². The second kappa shape index (κ2) is 9.22. The molecule has 0 saturated carbocycles. The zero-order valence-electron chi connectivity index (χ0n) is 18.7. The Hall–Kier alpha value is -3.79. The first-order chi connectivity index (χ1) is 16.5. The monoisotopic (exact) mass is 468 g/mol. The van der Waals surface area contributed by atoms with Crippen LogP contribution in [0.15, 0.2) is 36.4 Å². The highest BCUT2D eigenvalue weighted by atomic mass is 19.1. The first kappa shape index (κ1) is 22.0. The van der Waals surface area contributed by atoms with E-state index in [9.17, 15) is 14.0 Å². The third-order valence-electron chi connectivity index (χ3n) is 5.97. The van der Waals surface area contributed by atoms with Crippen LogP contribution < -0.4 is 19.7 Å². The van der Waals surface area contributed by atoms with Gasteiger partial charge in [0.1, 0.15) is 11.5 Å². The summed E-state index contributed by atoms with van der Waals surface area (Å²) >= 11 is 0. The number of nitrogens with one attached hydrogen (secondary N) is 2. The van der Waals surface area contributed by atoms with Crippen LogP contribution in [0, 0.1) is 5.82 Å². The number of carbonyl (C=O) groups is 2. The molecule has 2 aromatic carbocycles. The van der Waals surface area contributed by atoms with Crippen LogP contribution in [0.2, 0.25) is 0 Å². The Morgan fingerprint density at radius 1 is 1.12 bits per heavy atom. The van der Waals surface area contributed by atoms with Crippen molar-refractivity contribution in [3.63, 3.8) is 0 Å². The van der Waals surface area contributed by atoms with E-state index in [-0.39, 0.29) is 37.4 Å². The molecular weight excluding hydrogens is 443 g/mol. The van der Waals surface area contributed by atoms with Gasteiger partial charge in [-0.15, -0.1) is 0 Å². The van der Waals surface area contributed by atoms with Gasteiger partial charge in [-0.3, -0.25) is 9.69 Å². The molecule has 2 N–H and O–H groups in total. The first-order valence-corrected chi connectivity index (χ1v) is 11.2. The molecular formula is C24H25FN4O5. The van der Waals surface area contributed by atoms with E-state index in [1.165, 1.54) is 6.07 Å². The lowest BCUT2D eigenvalue weighted by atomic mass is 10.2. The van der Waals surface area contributed by atoms with E-state index in [0.717, 1.165) is 0 Å². The molecule has 0 radical (unpaired) electrons. The van der Waals surface area contributed by atoms with Crippen LogP contribution in [-0.4, -0.2) is 67.9 Å². The van der Waals surface area contributed by atoms with Crippen LogP contribution in [0.3, 0.4) is 0 Å². The van der Waals surface area contributed by atoms with Crippen molar-refractivity contribution in [1.29, 1.82) is 0 Å². The topological polar surface area (TPSA) is 96.1 Å². The van der Waals surface area contributed by atoms with Crippen molar-refractivity contribution >= 4 is 34.2 Å². The van der Waals surface area contributed by atoms with Gasteiger partial charge in [0.15, 0.2) is 11.5 Å². The summed E-state index contributed by atoms with van der Waals surface area (Å²) in [5.41, 5.74) is 1.71. The zero-order valence-corrected chi connectivity index (χ0v) is 18.7. The lowest BCUT2D eigenvalue weighted by molar-refractivity contribution is -0.117. The molecule has 2 aliphatic heterocycles. The van der Waals surface area contributed by atoms with Crippen molar-refractivity contribution in [3.8, 4) is 11.5 Å². The van der Waals surface area contributed by atoms with Gasteiger partial charge in [0.2, 0.25) is 12.7 Å². The number of carbonyl (C=O) groups excluding carboxylic acids is 2. The van der Waals surface area contributed by atoms with E-state index in [1.807, 2.05) is 15.9 Å². The number of aromatic amines is 1. The quantitative estimate of drug-likeness (QED) is 0.537. The third-order valence-corrected chi connectivity index (χ3v) is 5.97. The Bertz CT molecular complexity index is 1240. The Morgan fingerprint density at radius 2 is 1.85 bits per heavy atom. The van der Waals surface area contributed by atoms with Crippen LogP contribution in [0.4, 0.5) is 15.8 Å². The number of amides is 1. The molecule has 5 rings (SSSR count). The Morgan fingerprint density at radius 3 is 2.59 bits per heavy atom. The standard InChI is InChI=1S/C24H25FN4O5/c1-2-32-24(31)23-22(15-11-19-20(34-14-33-19)12-17(15)26-23)27-21(30)13-28-7-9-29(10-8-28)18-6-4-3-5-16(18)25/h3-6,11-12,26H,2,7-10,13-14H2,1H3,(H,27,30). The summed E-state index contributed by atoms with van der Waals surface area (Å²) in [5.74, 6) is 0.0368. The van der Waals surface area contributed by atoms with Gasteiger partial charge >= 0.3 is 5.97 Å². The summed E-state index contributed by atoms with van der Waals surface area (Å²) in [6, 6.07) is 10.2. The summed E-state index contributed by atoms with van der Waals surface area (Å²) < 4.78 is 30.1. The van der Waals surface area contributed by atoms with E-state index in [4.69, 9.17) is 14.2 Å². The van der Waals surface area contributed by atoms with Gasteiger partial charge in [-0.05, 0) is 25.1 Å². The minimum Gasteiger partial charge on any atom is -0.461 e. The van der Waals surface area contributed by atoms with Crippen LogP contribution >= 0.6 is 0 Å². The van der Waals surface area contributed by atoms with Crippen LogP contribution in [0.5, 0.6) is 11.5 Å². The van der Waals surface area contributed by atoms with Crippen molar-refractivity contribution in [2.24, 2.45) is 0 Å². The van der Waals surface area contributed by atoms with Gasteiger partial charge in [0.05, 0.1) is 30.0 Å². The number of halogens is 1. The lowest BCUT2D eigenvalue weighted by Gasteiger charge is -2.35. The molecule has 3 aromatic rings. The summed E-state index contributed by atoms with van der Waals surface area (Å²) in [6.45, 7) is 4.63. The Kier molecular flexibility index (Phi) is 5.97. The van der Waals surface area contributed by atoms with E-state index < -0.39 is 5.97 Å². The zero-order chi connectivity index (χ0) is 23.7. The van der Waals surface area contributed by atoms with E-state index in [0.29, 0.717) is 60.0 Å². The molecule has 34 heavy (non-hydrogen) atoms. The molecule has 178 valence electrons. The predicted octanol–water partition coefficient (Wildman–Crippen LogP) is 2.97. The number of nitrogens with zero attached hydrogens (tertiary/aromatic N) is 2. The molecule has 0 unspecified atom stereocenters. The van der Waals surface area contributed by atoms with E-state index in [1.54, 1.807) is 31.2 Å². The molecule has 0 bridgehead atoms. The molecule has 0 atom stereocenters. The molecule has 2 aliphatic rings. The van der Waals surface area contributed by atoms with Crippen molar-refractivity contribution in [1.82, 2.24) is 9.88 Å². The summed E-state index contributed by atoms with van der Waals surface area (Å²) in [4.78, 5) is 32.5. The number of rotatable bonds is 6. The van der Waals surface area contributed by atoms with Crippen LogP contribution in [0.1, 0.15) is 17.4 Å². The van der Waals surface area contributed by atoms with Gasteiger partial charge in [-0.2, -0.15) is 0 Å². The maximum Gasteiger partial charge on any atom is 0.356 e. The van der Waals surface area contributed by atoms with Crippen molar-refractivity contribution < 1.29 is 28.2 Å². The summed E-state index contributed by atoms with van der Waals surface area (Å²) in [5, 5.41) is 3.51. The SMILES string of the molecule is CCOC(=O)c1[nH]c2cc3c(cc2c1NC(=O)CN1CCN(c2ccccc2F)CC1)OCO3. The van der Waals surface area contributed by atoms with Gasteiger partial charge in [0.25, 0.3) is 0 Å². The van der Waals surface area contributed by atoms with Gasteiger partial charge in [-0.1, -0.05) is 12.1 Å². The molecule has 9 nitrogen and oxygen atoms in total. The highest BCUT2D eigenvalue weighted by molar-refractivity contribution is 6.11. The number of hydrogen-bond donors (Lipinski definition) is 2. The molecule has 0 spiro atoms. The number of hydrogen-bond acceptors (Lipinski definition) is 7. The smallest absolute Gasteiger partial charge is 0.356 e. The number of piperazine rings is 1. The molecule has 1 amide bonds. The van der Waals surface area contributed by atoms with Gasteiger partial charge in [0, 0.05) is 37.6 Å². The van der Waals surface area contributed by atoms with Crippen molar-refractivity contribution in [2.75, 3.05) is 56.3 Å². The maximum atomic E-state index is 14.1. The largest absolute Gasteiger partial charge is 0.461 e. The van der Waals surface area contributed by atoms with Crippen LogP contribution in [0.25, 0.3) is 10.9 Å². The fraction of sp³-hybridized carbons (Fsp3) is 0.333. The van der Waals surface area contributed by atoms with Crippen molar-refractivity contribution in [3.05, 3.63) is 47.9 Å². The fourth-order valence-electron chi connectivity index (χ4n) is 4.31. The molecule has 1 fully saturated rings. The Balaban J connectivity index is 1.30. The average Bonchev–Trinajstić information content (AvgIpc) is 3.43. The lowest BCUT2D eigenvalue weighted by Crippen LogP contribution is -2.49. The highest BCUT2D eigenvalue weighted by Crippen LogP contribution is 2.40. The minimum absolute atomic E-state index is 0.118. The summed E-state index contributed by atoms with van der Waals surface area (Å²) in [6.07, 6.45) is 0. The number of fused-ring (bicyclic) bond motifs is 2. The van der Waals surface area contributed by atoms with E-state index in [2.05, 4.69) is 10.3 Å². The normalized spacial score (nSPS) is 15.5. The maximum absolute atomic E-state index is 14.1. The second-order valence-corrected chi connectivity index (χ2v) is 8.11. The number of benzene rings is 2. The number of aromatic nitrogens is 1. The number of ether oxygens (including phenoxy) is 3. The molecule has 1 aromatic heterocycles. The molecule has 0 aliphatic carbocycles. The number of anilines is 2. The summed E-state index contributed by atoms with van der Waals surface area (Å²) in [7, 11) is 0. The first-order valence-electron chi connectivity index (χ1n) is 11.2. The minimum atomic E-state index is -0.561. The van der Waals surface area contributed by atoms with Gasteiger partial charge in [-0.25, -0.2) is 9.18 Å². The number of H-pyrrole nitrogens is 1. The molecule has 10 heteroatoms. The molecule has 3 heterocycles. The van der Waals surface area contributed by atoms with Crippen LogP contribution in [-0.2, 0) is 9.53 Å². The predicted molar refractivity (Wildman–Crippen MR) is 124 cm³/mol. The third kappa shape index (κ3) is 4.24.